The average molecular weight is 1960 g/mol. The Morgan fingerprint density at radius 2 is 0.779 bits per heavy atom. The lowest BCUT2D eigenvalue weighted by Crippen LogP contribution is -2.62. The maximum Gasteiger partial charge on any atom is 0.389 e. The Bertz CT molecular complexity index is 4970. The highest BCUT2D eigenvalue weighted by atomic mass is 19.4. The van der Waals surface area contributed by atoms with Crippen molar-refractivity contribution in [1.29, 1.82) is 0 Å². The van der Waals surface area contributed by atoms with Gasteiger partial charge in [0.2, 0.25) is 52.8 Å². The van der Waals surface area contributed by atoms with Crippen LogP contribution in [0.2, 0.25) is 0 Å². The molecule has 2 aromatic carbocycles. The van der Waals surface area contributed by atoms with Crippen LogP contribution in [0.1, 0.15) is 266 Å². The fraction of sp³-hybridized carbons (Fsp3) is 0.692. The van der Waals surface area contributed by atoms with Crippen molar-refractivity contribution in [3.05, 3.63) is 84.4 Å². The molecule has 140 heavy (non-hydrogen) atoms. The van der Waals surface area contributed by atoms with E-state index in [1.807, 2.05) is 54.5 Å². The van der Waals surface area contributed by atoms with Crippen LogP contribution in [-0.2, 0) is 62.3 Å². The van der Waals surface area contributed by atoms with E-state index in [0.717, 1.165) is 109 Å². The molecule has 11 aliphatic rings. The van der Waals surface area contributed by atoms with Gasteiger partial charge in [0.25, 0.3) is 17.7 Å². The monoisotopic (exact) mass is 1950 g/mol. The molecule has 0 spiro atoms. The molecule has 33 nitrogen and oxygen atoms in total. The summed E-state index contributed by atoms with van der Waals surface area (Å²) in [6.45, 7) is 34.6. The van der Waals surface area contributed by atoms with Crippen LogP contribution >= 0.6 is 0 Å². The summed E-state index contributed by atoms with van der Waals surface area (Å²) >= 11 is 0. The van der Waals surface area contributed by atoms with Crippen LogP contribution in [0.15, 0.2) is 73.3 Å². The molecule has 11 fully saturated rings. The number of Topliss-reactive ketones (excluding diaryl/α,β-unsaturated/α-hetero) is 6. The van der Waals surface area contributed by atoms with Crippen molar-refractivity contribution in [3.8, 4) is 0 Å². The van der Waals surface area contributed by atoms with Crippen LogP contribution in [-0.4, -0.2) is 226 Å². The third kappa shape index (κ3) is 26.3. The van der Waals surface area contributed by atoms with E-state index < -0.39 is 185 Å². The van der Waals surface area contributed by atoms with Gasteiger partial charge < -0.3 is 79.3 Å². The Balaban J connectivity index is 0.000000201. The predicted molar refractivity (Wildman–Crippen MR) is 515 cm³/mol. The van der Waals surface area contributed by atoms with E-state index >= 15 is 0 Å². The number of primary amides is 2. The normalized spacial score (nSPS) is 24.9. The second kappa shape index (κ2) is 44.7. The van der Waals surface area contributed by atoms with Gasteiger partial charge in [-0.15, -0.1) is 6.58 Å². The number of benzene rings is 2. The maximum absolute atomic E-state index is 14.5. The van der Waals surface area contributed by atoms with Gasteiger partial charge in [-0.25, -0.2) is 14.4 Å². The lowest BCUT2D eigenvalue weighted by molar-refractivity contribution is -0.147. The summed E-state index contributed by atoms with van der Waals surface area (Å²) in [4.78, 5) is 244. The highest BCUT2D eigenvalue weighted by molar-refractivity contribution is 6.39. The Morgan fingerprint density at radius 3 is 1.13 bits per heavy atom. The number of alkyl halides is 3. The van der Waals surface area contributed by atoms with Crippen LogP contribution in [0, 0.1) is 104 Å². The number of nitrogens with zero attached hydrogens (tertiary/aromatic N) is 3. The second-order valence-corrected chi connectivity index (χ2v) is 45.8. The molecule has 0 aromatic heterocycles. The number of likely N-dealkylation sites (tertiary alicyclic amines) is 3. The first kappa shape index (κ1) is 109. The molecule has 770 valence electrons. The summed E-state index contributed by atoms with van der Waals surface area (Å²) < 4.78 is 38.9. The standard InChI is InChI=1S/C36H51N5O6.C36H55N5O6.C32H44F3N5O6/c1-20(2)27(30(42)23-16-9-6-10-17-23)39-35(47)40-28(22-14-7-5-8-15-22)34(46)41-19-24-26(36(24,3)4)29(41)33(45)38-25(31(43)32(37)44)18-21-12-11-13-21;1-7-17-37-32(45)29(43)24(18-20-13-14-20)38-31(44)27-25-23(36(25,5)6)19-41(27)33(46)30(35(2,3)4)40-34(47)39-26(28(42)22-15-16-22)21-11-9-8-10-12-21;1-16(2)21(23(41)17-11-9-8-10-12-17)38-29(46)39-25(30(3,4)5)28(45)40-15-18-20(31(18,6)7)22(40)27(44)37-19(24(42)26(36)43)13-14-32(33,34)35/h6,9-10,16-17,20-22,24-29H,5,7-8,11-15,18-19H2,1-4H3,(H2,37,44)(H,38,45)(H2,39,40,47);7,20-27,30H,1,8-19H2,2-6H3,(H,37,45)(H,38,44)(H2,39,40,47);8-12,16,18-22,25H,13-15H2,1-7H3,(H2,36,43)(H,37,44)(H2,38,39,46)/t24-,25?,26-,27-,28-,29-;23-,24?,25-,26-,27-,30+;18-,19?,20-,21-,22-,25+/m000/s1. The molecule has 0 radical (unpaired) electrons. The van der Waals surface area contributed by atoms with Gasteiger partial charge in [0.15, 0.2) is 17.3 Å². The number of amides is 15. The molecule has 13 rings (SSSR count). The maximum atomic E-state index is 14.5. The third-order valence-corrected chi connectivity index (χ3v) is 31.8. The van der Waals surface area contributed by atoms with Crippen molar-refractivity contribution in [1.82, 2.24) is 67.9 Å². The lowest BCUT2D eigenvalue weighted by atomic mass is 9.80. The summed E-state index contributed by atoms with van der Waals surface area (Å²) in [5.41, 5.74) is 8.97. The zero-order valence-electron chi connectivity index (χ0n) is 84.1. The number of fused-ring (bicyclic) bond motifs is 3. The van der Waals surface area contributed by atoms with Crippen molar-refractivity contribution >= 4 is 106 Å². The van der Waals surface area contributed by atoms with Gasteiger partial charge in [0.1, 0.15) is 36.3 Å². The van der Waals surface area contributed by atoms with Crippen molar-refractivity contribution in [2.45, 2.75) is 324 Å². The minimum Gasteiger partial charge on any atom is -0.363 e. The molecular formula is C104H150F3N15O18. The van der Waals surface area contributed by atoms with Crippen molar-refractivity contribution in [2.75, 3.05) is 26.2 Å². The number of carbonyl (C=O) groups excluding carboxylic acids is 18. The average Bonchev–Trinajstić information content (AvgIpc) is 1.53. The number of rotatable bonds is 39. The van der Waals surface area contributed by atoms with Crippen molar-refractivity contribution in [3.63, 3.8) is 0 Å². The van der Waals surface area contributed by atoms with E-state index in [0.29, 0.717) is 37.1 Å². The SMILES string of the molecule is C=CCNC(=O)C(=O)C(CC1CC1)NC(=O)[C@@H]1[C@@H]2[C@H](CN1C(=O)[C@@H](NC(=O)N[C@H](C(=O)C1CC1)C1CCCCC1)C(C)(C)C)C2(C)C.CC(C)[C@H](NC(=O)N[C@H](C(=O)N1C[C@H]2[C@@H]([C@H]1C(=O)NC(CC1CCC1)C(=O)C(N)=O)C2(C)C)C1CCCCC1)C(=O)c1ccccc1.CC(C)[C@H](NC(=O)N[C@H](C(=O)N1C[C@H]2[C@@H]([C@H]1C(=O)NC(CCC(F)(F)F)C(=O)C(N)=O)C2(C)C)C(C)(C)C)C(=O)c1ccccc1. The van der Waals surface area contributed by atoms with Crippen LogP contribution in [0.25, 0.3) is 0 Å². The molecule has 2 aromatic rings. The number of piperidine rings is 3. The van der Waals surface area contributed by atoms with Crippen LogP contribution in [0.4, 0.5) is 27.6 Å². The van der Waals surface area contributed by atoms with E-state index in [1.165, 1.54) is 11.0 Å². The summed E-state index contributed by atoms with van der Waals surface area (Å²) in [6, 6.07) is 3.29. The predicted octanol–water partition coefficient (Wildman–Crippen LogP) is 9.59. The minimum absolute atomic E-state index is 0.00454. The zero-order valence-corrected chi connectivity index (χ0v) is 84.1. The highest BCUT2D eigenvalue weighted by Gasteiger charge is 2.73. The van der Waals surface area contributed by atoms with Gasteiger partial charge in [-0.3, -0.25) is 71.9 Å². The zero-order chi connectivity index (χ0) is 103. The fourth-order valence-corrected chi connectivity index (χ4v) is 22.5. The van der Waals surface area contributed by atoms with Crippen LogP contribution in [0.5, 0.6) is 0 Å². The Labute approximate surface area is 819 Å². The Hall–Kier alpha value is -11.0. The molecular weight excluding hydrogens is 1800 g/mol. The number of hydrogen-bond donors (Lipinski definition) is 12. The molecule has 8 saturated carbocycles. The smallest absolute Gasteiger partial charge is 0.363 e. The molecule has 14 N–H and O–H groups in total. The number of ketones is 6. The second-order valence-electron chi connectivity index (χ2n) is 45.8. The number of halogens is 3. The van der Waals surface area contributed by atoms with Gasteiger partial charge >= 0.3 is 24.3 Å². The third-order valence-electron chi connectivity index (χ3n) is 31.8. The van der Waals surface area contributed by atoms with Gasteiger partial charge in [-0.05, 0) is 156 Å². The largest absolute Gasteiger partial charge is 0.389 e. The number of carbonyl (C=O) groups is 18. The van der Waals surface area contributed by atoms with E-state index in [1.54, 1.807) is 99.0 Å². The molecule has 3 aliphatic heterocycles. The van der Waals surface area contributed by atoms with Gasteiger partial charge in [-0.2, -0.15) is 13.2 Å². The molecule has 3 saturated heterocycles. The number of urea groups is 3. The van der Waals surface area contributed by atoms with Gasteiger partial charge in [0, 0.05) is 49.6 Å². The molecule has 3 heterocycles. The summed E-state index contributed by atoms with van der Waals surface area (Å²) in [6.07, 6.45) is 11.1. The summed E-state index contributed by atoms with van der Waals surface area (Å²) in [5, 5.41) is 27.5. The van der Waals surface area contributed by atoms with E-state index in [9.17, 15) is 99.5 Å². The minimum atomic E-state index is -4.66. The van der Waals surface area contributed by atoms with Crippen LogP contribution in [0.3, 0.4) is 0 Å². The molecule has 15 amide bonds. The molecule has 36 heteroatoms. The summed E-state index contributed by atoms with van der Waals surface area (Å²) in [7, 11) is 0. The van der Waals surface area contributed by atoms with Crippen molar-refractivity contribution in [2.24, 2.45) is 115 Å². The van der Waals surface area contributed by atoms with Gasteiger partial charge in [0.05, 0.1) is 36.3 Å². The molecule has 8 aliphatic carbocycles. The first-order valence-corrected chi connectivity index (χ1v) is 50.5. The number of nitrogens with two attached hydrogens (primary N) is 2. The Morgan fingerprint density at radius 1 is 0.429 bits per heavy atom. The molecule has 3 unspecified atom stereocenters. The number of nitrogens with one attached hydrogen (secondary N) is 10. The molecule has 0 bridgehead atoms. The highest BCUT2D eigenvalue weighted by Crippen LogP contribution is 2.67. The molecule has 18 atom stereocenters. The van der Waals surface area contributed by atoms with E-state index in [-0.39, 0.29) is 130 Å². The first-order valence-electron chi connectivity index (χ1n) is 50.5. The van der Waals surface area contributed by atoms with Crippen molar-refractivity contribution < 1.29 is 99.5 Å². The fourth-order valence-electron chi connectivity index (χ4n) is 22.5. The Kier molecular flexibility index (Phi) is 34.9. The topological polar surface area (TPSA) is 489 Å². The quantitative estimate of drug-likeness (QED) is 0.0168. The first-order chi connectivity index (χ1) is 65.5. The van der Waals surface area contributed by atoms with E-state index in [2.05, 4.69) is 87.4 Å². The van der Waals surface area contributed by atoms with Gasteiger partial charge in [-0.1, -0.05) is 248 Å². The number of hydrogen-bond acceptors (Lipinski definition) is 18. The van der Waals surface area contributed by atoms with Crippen LogP contribution < -0.4 is 64.6 Å². The lowest BCUT2D eigenvalue weighted by Gasteiger charge is -2.38. The van der Waals surface area contributed by atoms with E-state index in [4.69, 9.17) is 11.5 Å². The summed E-state index contributed by atoms with van der Waals surface area (Å²) in [5.74, 6) is -10.4.